The van der Waals surface area contributed by atoms with Crippen LogP contribution in [-0.4, -0.2) is 46.6 Å². The number of allylic oxidation sites excluding steroid dienone is 1. The van der Waals surface area contributed by atoms with Gasteiger partial charge in [-0.1, -0.05) is 41.0 Å². The van der Waals surface area contributed by atoms with Crippen molar-refractivity contribution in [3.05, 3.63) is 70.5 Å². The van der Waals surface area contributed by atoms with E-state index in [0.29, 0.717) is 50.3 Å². The van der Waals surface area contributed by atoms with Gasteiger partial charge in [-0.2, -0.15) is 0 Å². The molecule has 1 heterocycles. The van der Waals surface area contributed by atoms with Crippen molar-refractivity contribution in [2.24, 2.45) is 0 Å². The Balaban J connectivity index is 1.62. The molecule has 0 aliphatic rings. The van der Waals surface area contributed by atoms with Crippen molar-refractivity contribution in [3.8, 4) is 11.5 Å². The van der Waals surface area contributed by atoms with Gasteiger partial charge in [0.05, 0.1) is 36.6 Å². The van der Waals surface area contributed by atoms with Crippen LogP contribution >= 0.6 is 35.0 Å². The zero-order valence-electron chi connectivity index (χ0n) is 19.0. The van der Waals surface area contributed by atoms with Gasteiger partial charge in [-0.15, -0.1) is 16.8 Å². The van der Waals surface area contributed by atoms with Gasteiger partial charge in [0.2, 0.25) is 5.91 Å². The Bertz CT molecular complexity index is 1230. The third-order valence-corrected chi connectivity index (χ3v) is 6.40. The lowest BCUT2D eigenvalue weighted by molar-refractivity contribution is -0.113. The number of hydrogen-bond acceptors (Lipinski definition) is 7. The summed E-state index contributed by atoms with van der Waals surface area (Å²) >= 11 is 13.1. The number of rotatable bonds is 11. The van der Waals surface area contributed by atoms with E-state index in [9.17, 15) is 9.59 Å². The van der Waals surface area contributed by atoms with Gasteiger partial charge in [0.25, 0.3) is 5.91 Å². The van der Waals surface area contributed by atoms with Crippen LogP contribution in [0.5, 0.6) is 11.5 Å². The monoisotopic (exact) mass is 535 g/mol. The van der Waals surface area contributed by atoms with Gasteiger partial charge < -0.3 is 24.7 Å². The number of amides is 2. The van der Waals surface area contributed by atoms with Gasteiger partial charge in [0.15, 0.2) is 22.5 Å². The van der Waals surface area contributed by atoms with Gasteiger partial charge in [-0.3, -0.25) is 9.59 Å². The smallest absolute Gasteiger partial charge is 0.251 e. The first kappa shape index (κ1) is 26.4. The molecule has 0 atom stereocenters. The van der Waals surface area contributed by atoms with E-state index in [1.807, 2.05) is 0 Å². The lowest BCUT2D eigenvalue weighted by atomic mass is 10.2. The minimum absolute atomic E-state index is 0.0908. The molecule has 0 bridgehead atoms. The SMILES string of the molecule is C=CCn1c(CNC(=O)c2ccc(OC)c(OC)c2)nnc1SCC(=O)Nc1ccc(Cl)c(Cl)c1. The molecule has 3 aromatic rings. The standard InChI is InChI=1S/C23H23Cl2N5O4S/c1-4-9-30-20(12-26-22(32)14-5-8-18(33-2)19(10-14)34-3)28-29-23(30)35-13-21(31)27-15-6-7-16(24)17(25)11-15/h4-8,10-11H,1,9,12-13H2,2-3H3,(H,26,32)(H,27,31). The highest BCUT2D eigenvalue weighted by atomic mass is 35.5. The van der Waals surface area contributed by atoms with Crippen LogP contribution in [-0.2, 0) is 17.9 Å². The maximum absolute atomic E-state index is 12.6. The van der Waals surface area contributed by atoms with Crippen LogP contribution in [0.15, 0.2) is 54.2 Å². The predicted octanol–water partition coefficient (Wildman–Crippen LogP) is 4.45. The number of nitrogens with zero attached hydrogens (tertiary/aromatic N) is 3. The summed E-state index contributed by atoms with van der Waals surface area (Å²) in [7, 11) is 3.03. The third kappa shape index (κ3) is 6.91. The molecular formula is C23H23Cl2N5O4S. The number of nitrogens with one attached hydrogen (secondary N) is 2. The van der Waals surface area contributed by atoms with Gasteiger partial charge in [-0.25, -0.2) is 0 Å². The third-order valence-electron chi connectivity index (χ3n) is 4.69. The van der Waals surface area contributed by atoms with Gasteiger partial charge in [0, 0.05) is 17.8 Å². The van der Waals surface area contributed by atoms with Crippen LogP contribution in [0.1, 0.15) is 16.2 Å². The molecule has 2 N–H and O–H groups in total. The molecule has 35 heavy (non-hydrogen) atoms. The number of methoxy groups -OCH3 is 2. The molecular weight excluding hydrogens is 513 g/mol. The summed E-state index contributed by atoms with van der Waals surface area (Å²) in [6, 6.07) is 9.74. The first-order valence-electron chi connectivity index (χ1n) is 10.3. The summed E-state index contributed by atoms with van der Waals surface area (Å²) in [6.45, 7) is 4.30. The van der Waals surface area contributed by atoms with Gasteiger partial charge in [-0.05, 0) is 36.4 Å². The van der Waals surface area contributed by atoms with Crippen molar-refractivity contribution in [2.45, 2.75) is 18.2 Å². The van der Waals surface area contributed by atoms with Crippen LogP contribution in [0.3, 0.4) is 0 Å². The van der Waals surface area contributed by atoms with Crippen LogP contribution in [0.4, 0.5) is 5.69 Å². The number of ether oxygens (including phenoxy) is 2. The number of carbonyl (C=O) groups excluding carboxylic acids is 2. The minimum atomic E-state index is -0.311. The number of halogens is 2. The fourth-order valence-electron chi connectivity index (χ4n) is 3.01. The van der Waals surface area contributed by atoms with Crippen molar-refractivity contribution in [3.63, 3.8) is 0 Å². The Morgan fingerprint density at radius 1 is 1.09 bits per heavy atom. The number of thioether (sulfide) groups is 1. The molecule has 2 aromatic carbocycles. The lowest BCUT2D eigenvalue weighted by Crippen LogP contribution is -2.25. The normalized spacial score (nSPS) is 10.5. The maximum Gasteiger partial charge on any atom is 0.251 e. The van der Waals surface area contributed by atoms with E-state index in [-0.39, 0.29) is 24.1 Å². The lowest BCUT2D eigenvalue weighted by Gasteiger charge is -2.11. The van der Waals surface area contributed by atoms with E-state index < -0.39 is 0 Å². The summed E-state index contributed by atoms with van der Waals surface area (Å²) in [5.41, 5.74) is 0.946. The van der Waals surface area contributed by atoms with Crippen molar-refractivity contribution in [1.29, 1.82) is 0 Å². The molecule has 0 aliphatic carbocycles. The molecule has 0 radical (unpaired) electrons. The number of carbonyl (C=O) groups is 2. The van der Waals surface area contributed by atoms with E-state index in [4.69, 9.17) is 32.7 Å². The molecule has 0 unspecified atom stereocenters. The van der Waals surface area contributed by atoms with Crippen molar-refractivity contribution < 1.29 is 19.1 Å². The second-order valence-electron chi connectivity index (χ2n) is 7.02. The molecule has 184 valence electrons. The van der Waals surface area contributed by atoms with Crippen LogP contribution in [0.2, 0.25) is 10.0 Å². The fourth-order valence-corrected chi connectivity index (χ4v) is 4.07. The summed E-state index contributed by atoms with van der Waals surface area (Å²) in [6.07, 6.45) is 1.68. The molecule has 9 nitrogen and oxygen atoms in total. The second-order valence-corrected chi connectivity index (χ2v) is 8.77. The average Bonchev–Trinajstić information content (AvgIpc) is 3.24. The maximum atomic E-state index is 12.6. The second kappa shape index (κ2) is 12.5. The Morgan fingerprint density at radius 3 is 2.54 bits per heavy atom. The summed E-state index contributed by atoms with van der Waals surface area (Å²) in [5.74, 6) is 1.03. The van der Waals surface area contributed by atoms with Crippen molar-refractivity contribution in [1.82, 2.24) is 20.1 Å². The predicted molar refractivity (Wildman–Crippen MR) is 137 cm³/mol. The van der Waals surface area contributed by atoms with Crippen LogP contribution in [0.25, 0.3) is 0 Å². The average molecular weight is 536 g/mol. The first-order chi connectivity index (χ1) is 16.9. The van der Waals surface area contributed by atoms with Crippen LogP contribution in [0, 0.1) is 0 Å². The van der Waals surface area contributed by atoms with E-state index in [1.165, 1.54) is 26.0 Å². The highest BCUT2D eigenvalue weighted by molar-refractivity contribution is 7.99. The number of benzene rings is 2. The Hall–Kier alpha value is -3.21. The summed E-state index contributed by atoms with van der Waals surface area (Å²) in [5, 5.41) is 15.2. The quantitative estimate of drug-likeness (QED) is 0.276. The molecule has 0 saturated carbocycles. The van der Waals surface area contributed by atoms with Crippen molar-refractivity contribution >= 4 is 52.5 Å². The molecule has 1 aromatic heterocycles. The zero-order valence-corrected chi connectivity index (χ0v) is 21.3. The van der Waals surface area contributed by atoms with Gasteiger partial charge >= 0.3 is 0 Å². The number of anilines is 1. The van der Waals surface area contributed by atoms with E-state index in [1.54, 1.807) is 47.0 Å². The molecule has 0 saturated heterocycles. The Labute approximate surface area is 216 Å². The van der Waals surface area contributed by atoms with Crippen LogP contribution < -0.4 is 20.1 Å². The largest absolute Gasteiger partial charge is 0.493 e. The number of hydrogen-bond donors (Lipinski definition) is 2. The Morgan fingerprint density at radius 2 is 1.86 bits per heavy atom. The van der Waals surface area contributed by atoms with Crippen molar-refractivity contribution in [2.75, 3.05) is 25.3 Å². The molecule has 12 heteroatoms. The number of aromatic nitrogens is 3. The van der Waals surface area contributed by atoms with E-state index in [0.717, 1.165) is 0 Å². The Kier molecular flexibility index (Phi) is 9.41. The molecule has 0 aliphatic heterocycles. The topological polar surface area (TPSA) is 107 Å². The molecule has 0 spiro atoms. The highest BCUT2D eigenvalue weighted by Crippen LogP contribution is 2.28. The van der Waals surface area contributed by atoms with E-state index >= 15 is 0 Å². The highest BCUT2D eigenvalue weighted by Gasteiger charge is 2.16. The van der Waals surface area contributed by atoms with E-state index in [2.05, 4.69) is 27.4 Å². The summed E-state index contributed by atoms with van der Waals surface area (Å²) < 4.78 is 12.2. The summed E-state index contributed by atoms with van der Waals surface area (Å²) in [4.78, 5) is 25.0. The fraction of sp³-hybridized carbons (Fsp3) is 0.217. The molecule has 3 rings (SSSR count). The molecule has 0 fully saturated rings. The first-order valence-corrected chi connectivity index (χ1v) is 12.0. The molecule has 2 amide bonds. The minimum Gasteiger partial charge on any atom is -0.493 e. The zero-order chi connectivity index (χ0) is 25.4. The van der Waals surface area contributed by atoms with Gasteiger partial charge in [0.1, 0.15) is 0 Å².